The van der Waals surface area contributed by atoms with E-state index < -0.39 is 0 Å². The van der Waals surface area contributed by atoms with Crippen molar-refractivity contribution in [2.24, 2.45) is 0 Å². The third-order valence-electron chi connectivity index (χ3n) is 9.46. The molecule has 1 nitrogen and oxygen atoms in total. The molecular formula is C62H95N. The summed E-state index contributed by atoms with van der Waals surface area (Å²) in [4.78, 5) is 0. The van der Waals surface area contributed by atoms with Crippen LogP contribution in [0.1, 0.15) is 171 Å². The Labute approximate surface area is 391 Å². The van der Waals surface area contributed by atoms with Gasteiger partial charge < -0.3 is 4.57 Å². The lowest BCUT2D eigenvalue weighted by atomic mass is 10.0. The van der Waals surface area contributed by atoms with E-state index in [1.165, 1.54) is 72.7 Å². The molecule has 1 aliphatic carbocycles. The number of rotatable bonds is 5. The van der Waals surface area contributed by atoms with Gasteiger partial charge in [0, 0.05) is 28.4 Å². The Morgan fingerprint density at radius 3 is 0.825 bits per heavy atom. The highest BCUT2D eigenvalue weighted by molar-refractivity contribution is 6.07. The maximum Gasteiger partial charge on any atom is 0.0491 e. The summed E-state index contributed by atoms with van der Waals surface area (Å²) in [5.74, 6) is 0. The second-order valence-corrected chi connectivity index (χ2v) is 12.9. The first-order valence-electron chi connectivity index (χ1n) is 25.3. The van der Waals surface area contributed by atoms with Gasteiger partial charge in [0.05, 0.1) is 0 Å². The quantitative estimate of drug-likeness (QED) is 0.163. The zero-order valence-electron chi connectivity index (χ0n) is 44.3. The zero-order chi connectivity index (χ0) is 48.4. The normalized spacial score (nSPS) is 9.19. The number of benzene rings is 6. The van der Waals surface area contributed by atoms with Gasteiger partial charge in [-0.1, -0.05) is 265 Å². The second kappa shape index (κ2) is 42.4. The fraction of sp³-hybridized carbons (Fsp3) is 0.419. The Morgan fingerprint density at radius 2 is 0.556 bits per heavy atom. The Morgan fingerprint density at radius 1 is 0.317 bits per heavy atom. The molecule has 0 spiro atoms. The molecule has 63 heavy (non-hydrogen) atoms. The van der Waals surface area contributed by atoms with Crippen LogP contribution < -0.4 is 0 Å². The van der Waals surface area contributed by atoms with E-state index >= 15 is 0 Å². The molecule has 0 saturated heterocycles. The monoisotopic (exact) mass is 854 g/mol. The van der Waals surface area contributed by atoms with Crippen molar-refractivity contribution < 1.29 is 0 Å². The summed E-state index contributed by atoms with van der Waals surface area (Å²) in [5.41, 5.74) is 14.4. The van der Waals surface area contributed by atoms with Crippen molar-refractivity contribution in [3.05, 3.63) is 179 Å². The standard InChI is InChI=1S/C14H13N.C13H10.2C10H14.C3H8.6C2H6/c1-2-15-13-9-5-3-7-11(13)12-8-4-6-10-14(12)15;1-3-7-12-10(5-1)9-11-6-2-4-8-13(11)12;2*1-3-9-7-5-6-8-10(9)4-2;1-3-2;6*1-2/h3-10H,2H2,1H3;1-8H,9H2;2*5-8H,3-4H2,1-2H3;3H2,1-2H3;6*1-2H3. The highest BCUT2D eigenvalue weighted by atomic mass is 15.0. The topological polar surface area (TPSA) is 4.93 Å². The average Bonchev–Trinajstić information content (AvgIpc) is 3.94. The van der Waals surface area contributed by atoms with Gasteiger partial charge >= 0.3 is 0 Å². The Hall–Kier alpha value is -4.88. The lowest BCUT2D eigenvalue weighted by Gasteiger charge is -2.02. The third kappa shape index (κ3) is 20.9. The van der Waals surface area contributed by atoms with Gasteiger partial charge in [0.1, 0.15) is 0 Å². The number of para-hydroxylation sites is 2. The van der Waals surface area contributed by atoms with Crippen LogP contribution in [-0.2, 0) is 38.6 Å². The van der Waals surface area contributed by atoms with E-state index in [1.807, 2.05) is 83.1 Å². The van der Waals surface area contributed by atoms with Crippen molar-refractivity contribution in [3.8, 4) is 11.1 Å². The van der Waals surface area contributed by atoms with E-state index in [0.29, 0.717) is 0 Å². The molecule has 348 valence electrons. The molecule has 1 heterocycles. The smallest absolute Gasteiger partial charge is 0.0491 e. The number of fused-ring (bicyclic) bond motifs is 6. The number of aryl methyl sites for hydroxylation is 5. The summed E-state index contributed by atoms with van der Waals surface area (Å²) in [6, 6.07) is 51.8. The molecule has 8 rings (SSSR count). The summed E-state index contributed by atoms with van der Waals surface area (Å²) in [5, 5.41) is 2.71. The average molecular weight is 854 g/mol. The molecule has 0 atom stereocenters. The molecule has 0 fully saturated rings. The molecule has 7 aromatic rings. The van der Waals surface area contributed by atoms with Gasteiger partial charge in [-0.3, -0.25) is 0 Å². The molecule has 1 aromatic heterocycles. The summed E-state index contributed by atoms with van der Waals surface area (Å²) in [7, 11) is 0. The van der Waals surface area contributed by atoms with Crippen LogP contribution in [0.2, 0.25) is 0 Å². The molecule has 0 N–H and O–H groups in total. The van der Waals surface area contributed by atoms with Gasteiger partial charge in [0.15, 0.2) is 0 Å². The van der Waals surface area contributed by atoms with Gasteiger partial charge in [-0.05, 0) is 95.7 Å². The largest absolute Gasteiger partial charge is 0.341 e. The van der Waals surface area contributed by atoms with Gasteiger partial charge in [-0.25, -0.2) is 0 Å². The minimum atomic E-state index is 1.02. The van der Waals surface area contributed by atoms with E-state index in [0.717, 1.165) is 38.6 Å². The van der Waals surface area contributed by atoms with Crippen LogP contribution in [0, 0.1) is 0 Å². The van der Waals surface area contributed by atoms with E-state index in [9.17, 15) is 0 Å². The van der Waals surface area contributed by atoms with Crippen LogP contribution in [-0.4, -0.2) is 4.57 Å². The summed E-state index contributed by atoms with van der Waals surface area (Å²) < 4.78 is 2.37. The number of hydrogen-bond acceptors (Lipinski definition) is 0. The molecule has 6 aromatic carbocycles. The van der Waals surface area contributed by atoms with E-state index in [4.69, 9.17) is 0 Å². The van der Waals surface area contributed by atoms with Crippen molar-refractivity contribution >= 4 is 21.8 Å². The van der Waals surface area contributed by atoms with Gasteiger partial charge in [0.2, 0.25) is 0 Å². The number of hydrogen-bond donors (Lipinski definition) is 0. The fourth-order valence-corrected chi connectivity index (χ4v) is 6.92. The lowest BCUT2D eigenvalue weighted by molar-refractivity contribution is 0.827. The second-order valence-electron chi connectivity index (χ2n) is 12.9. The predicted molar refractivity (Wildman–Crippen MR) is 294 cm³/mol. The maximum atomic E-state index is 2.37. The molecule has 0 unspecified atom stereocenters. The Bertz CT molecular complexity index is 1870. The molecular weight excluding hydrogens is 759 g/mol. The van der Waals surface area contributed by atoms with Crippen molar-refractivity contribution in [1.82, 2.24) is 4.57 Å². The van der Waals surface area contributed by atoms with E-state index in [1.54, 1.807) is 0 Å². The Balaban J connectivity index is -0.000000698. The summed E-state index contributed by atoms with van der Waals surface area (Å²) in [6.45, 7) is 40.3. The van der Waals surface area contributed by atoms with Gasteiger partial charge in [-0.2, -0.15) is 0 Å². The van der Waals surface area contributed by atoms with Crippen LogP contribution in [0.25, 0.3) is 32.9 Å². The van der Waals surface area contributed by atoms with Crippen LogP contribution in [0.4, 0.5) is 0 Å². The van der Waals surface area contributed by atoms with Crippen molar-refractivity contribution in [2.75, 3.05) is 0 Å². The first-order valence-corrected chi connectivity index (χ1v) is 25.3. The van der Waals surface area contributed by atoms with Crippen molar-refractivity contribution in [2.45, 2.75) is 177 Å². The Kier molecular flexibility index (Phi) is 42.0. The van der Waals surface area contributed by atoms with Gasteiger partial charge in [-0.15, -0.1) is 0 Å². The van der Waals surface area contributed by atoms with Crippen LogP contribution in [0.5, 0.6) is 0 Å². The molecule has 0 bridgehead atoms. The molecule has 1 heteroatoms. The van der Waals surface area contributed by atoms with Crippen LogP contribution in [0.3, 0.4) is 0 Å². The summed E-state index contributed by atoms with van der Waals surface area (Å²) in [6.07, 6.45) is 6.98. The maximum absolute atomic E-state index is 2.37. The molecule has 0 amide bonds. The summed E-state index contributed by atoms with van der Waals surface area (Å²) >= 11 is 0. The SMILES string of the molecule is CC.CC.CC.CC.CC.CC.CCC.CCc1ccccc1CC.CCc1ccccc1CC.CCn1c2ccccc2c2ccccc21.c1ccc2c(c1)Cc1ccccc1-2. The predicted octanol–water partition coefficient (Wildman–Crippen LogP) is 20.3. The zero-order valence-corrected chi connectivity index (χ0v) is 44.3. The highest BCUT2D eigenvalue weighted by Crippen LogP contribution is 2.35. The van der Waals surface area contributed by atoms with Crippen LogP contribution in [0.15, 0.2) is 146 Å². The van der Waals surface area contributed by atoms with Crippen molar-refractivity contribution in [1.29, 1.82) is 0 Å². The number of aromatic nitrogens is 1. The first kappa shape index (κ1) is 62.4. The first-order chi connectivity index (χ1) is 31.0. The van der Waals surface area contributed by atoms with Crippen LogP contribution >= 0.6 is 0 Å². The molecule has 0 radical (unpaired) electrons. The fourth-order valence-electron chi connectivity index (χ4n) is 6.92. The molecule has 0 aliphatic heterocycles. The minimum absolute atomic E-state index is 1.02. The van der Waals surface area contributed by atoms with E-state index in [2.05, 4.69) is 199 Å². The lowest BCUT2D eigenvalue weighted by Crippen LogP contribution is -1.91. The number of nitrogens with zero attached hydrogens (tertiary/aromatic N) is 1. The van der Waals surface area contributed by atoms with E-state index in [-0.39, 0.29) is 0 Å². The van der Waals surface area contributed by atoms with Gasteiger partial charge in [0.25, 0.3) is 0 Å². The van der Waals surface area contributed by atoms with Crippen molar-refractivity contribution in [3.63, 3.8) is 0 Å². The third-order valence-corrected chi connectivity index (χ3v) is 9.46. The highest BCUT2D eigenvalue weighted by Gasteiger charge is 2.16. The molecule has 1 aliphatic rings. The minimum Gasteiger partial charge on any atom is -0.341 e. The molecule has 0 saturated carbocycles.